The molecule has 0 atom stereocenters. The van der Waals surface area contributed by atoms with E-state index in [4.69, 9.17) is 9.47 Å². The van der Waals surface area contributed by atoms with Crippen molar-refractivity contribution in [2.45, 2.75) is 39.0 Å². The van der Waals surface area contributed by atoms with Gasteiger partial charge in [0.25, 0.3) is 5.91 Å². The van der Waals surface area contributed by atoms with Crippen LogP contribution in [0.4, 0.5) is 0 Å². The molecule has 1 heterocycles. The van der Waals surface area contributed by atoms with Crippen molar-refractivity contribution in [3.05, 3.63) is 23.8 Å². The van der Waals surface area contributed by atoms with Crippen molar-refractivity contribution in [2.24, 2.45) is 0 Å². The van der Waals surface area contributed by atoms with E-state index >= 15 is 0 Å². The maximum absolute atomic E-state index is 12.3. The molecule has 0 unspecified atom stereocenters. The number of hydrogen-bond acceptors (Lipinski definition) is 4. The SMILES string of the molecule is COc1cc(C(C)=O)ccc1OCC(=O)N1CCCCCCC1. The molecule has 5 heteroatoms. The van der Waals surface area contributed by atoms with Gasteiger partial charge in [-0.1, -0.05) is 19.3 Å². The number of carbonyl (C=O) groups is 2. The van der Waals surface area contributed by atoms with E-state index in [9.17, 15) is 9.59 Å². The molecule has 1 aliphatic rings. The van der Waals surface area contributed by atoms with Crippen LogP contribution in [0.5, 0.6) is 11.5 Å². The van der Waals surface area contributed by atoms with Crippen molar-refractivity contribution in [3.8, 4) is 11.5 Å². The van der Waals surface area contributed by atoms with Crippen molar-refractivity contribution in [1.29, 1.82) is 0 Å². The fourth-order valence-electron chi connectivity index (χ4n) is 2.73. The van der Waals surface area contributed by atoms with Crippen LogP contribution in [0, 0.1) is 0 Å². The van der Waals surface area contributed by atoms with Crippen LogP contribution < -0.4 is 9.47 Å². The zero-order valence-electron chi connectivity index (χ0n) is 14.0. The summed E-state index contributed by atoms with van der Waals surface area (Å²) in [5, 5.41) is 0. The zero-order chi connectivity index (χ0) is 16.7. The molecule has 2 rings (SSSR count). The van der Waals surface area contributed by atoms with Crippen molar-refractivity contribution in [2.75, 3.05) is 26.8 Å². The third-order valence-electron chi connectivity index (χ3n) is 4.13. The van der Waals surface area contributed by atoms with E-state index in [0.717, 1.165) is 25.9 Å². The van der Waals surface area contributed by atoms with Crippen molar-refractivity contribution in [3.63, 3.8) is 0 Å². The highest BCUT2D eigenvalue weighted by Gasteiger charge is 2.16. The van der Waals surface area contributed by atoms with Gasteiger partial charge in [0.15, 0.2) is 23.9 Å². The summed E-state index contributed by atoms with van der Waals surface area (Å²) < 4.78 is 10.9. The van der Waals surface area contributed by atoms with Crippen molar-refractivity contribution < 1.29 is 19.1 Å². The first-order valence-electron chi connectivity index (χ1n) is 8.21. The van der Waals surface area contributed by atoms with E-state index in [1.54, 1.807) is 18.2 Å². The van der Waals surface area contributed by atoms with Gasteiger partial charge in [0, 0.05) is 18.7 Å². The van der Waals surface area contributed by atoms with Crippen LogP contribution in [0.3, 0.4) is 0 Å². The number of carbonyl (C=O) groups excluding carboxylic acids is 2. The number of hydrogen-bond donors (Lipinski definition) is 0. The molecule has 0 bridgehead atoms. The van der Waals surface area contributed by atoms with Crippen molar-refractivity contribution >= 4 is 11.7 Å². The lowest BCUT2D eigenvalue weighted by atomic mass is 10.1. The first-order valence-corrected chi connectivity index (χ1v) is 8.21. The smallest absolute Gasteiger partial charge is 0.260 e. The number of amides is 1. The Kier molecular flexibility index (Phi) is 6.44. The van der Waals surface area contributed by atoms with Crippen LogP contribution >= 0.6 is 0 Å². The molecule has 0 aliphatic carbocycles. The maximum atomic E-state index is 12.3. The summed E-state index contributed by atoms with van der Waals surface area (Å²) in [7, 11) is 1.52. The molecule has 1 saturated heterocycles. The predicted octanol–water partition coefficient (Wildman–Crippen LogP) is 3.07. The Labute approximate surface area is 137 Å². The normalized spacial score (nSPS) is 15.5. The van der Waals surface area contributed by atoms with Gasteiger partial charge in [0.1, 0.15) is 0 Å². The molecule has 1 amide bonds. The molecule has 0 radical (unpaired) electrons. The summed E-state index contributed by atoms with van der Waals surface area (Å²) in [4.78, 5) is 25.6. The van der Waals surface area contributed by atoms with Gasteiger partial charge in [0.2, 0.25) is 0 Å². The summed E-state index contributed by atoms with van der Waals surface area (Å²) in [6.45, 7) is 3.11. The molecule has 5 nitrogen and oxygen atoms in total. The lowest BCUT2D eigenvalue weighted by molar-refractivity contribution is -0.133. The predicted molar refractivity (Wildman–Crippen MR) is 88.2 cm³/mol. The van der Waals surface area contributed by atoms with E-state index in [-0.39, 0.29) is 18.3 Å². The summed E-state index contributed by atoms with van der Waals surface area (Å²) in [5.74, 6) is 0.923. The molecule has 1 aliphatic heterocycles. The molecule has 1 aromatic carbocycles. The zero-order valence-corrected chi connectivity index (χ0v) is 14.0. The highest BCUT2D eigenvalue weighted by atomic mass is 16.5. The third-order valence-corrected chi connectivity index (χ3v) is 4.13. The first-order chi connectivity index (χ1) is 11.1. The number of likely N-dealkylation sites (tertiary alicyclic amines) is 1. The van der Waals surface area contributed by atoms with Crippen LogP contribution in [0.2, 0.25) is 0 Å². The van der Waals surface area contributed by atoms with Crippen LogP contribution in [0.1, 0.15) is 49.4 Å². The number of ether oxygens (including phenoxy) is 2. The van der Waals surface area contributed by atoms with Crippen LogP contribution in [0.15, 0.2) is 18.2 Å². The molecule has 0 saturated carbocycles. The number of Topliss-reactive ketones (excluding diaryl/α,β-unsaturated/α-hetero) is 1. The van der Waals surface area contributed by atoms with Crippen LogP contribution in [-0.2, 0) is 4.79 Å². The monoisotopic (exact) mass is 319 g/mol. The summed E-state index contributed by atoms with van der Waals surface area (Å²) in [5.41, 5.74) is 0.560. The van der Waals surface area contributed by atoms with E-state index in [2.05, 4.69) is 0 Å². The van der Waals surface area contributed by atoms with Gasteiger partial charge in [-0.2, -0.15) is 0 Å². The van der Waals surface area contributed by atoms with Crippen molar-refractivity contribution in [1.82, 2.24) is 4.90 Å². The summed E-state index contributed by atoms with van der Waals surface area (Å²) in [6.07, 6.45) is 5.75. The average molecular weight is 319 g/mol. The lowest BCUT2D eigenvalue weighted by Crippen LogP contribution is -2.37. The minimum Gasteiger partial charge on any atom is -0.493 e. The van der Waals surface area contributed by atoms with E-state index in [1.807, 2.05) is 4.90 Å². The highest BCUT2D eigenvalue weighted by molar-refractivity contribution is 5.94. The molecule has 0 spiro atoms. The number of ketones is 1. The fraction of sp³-hybridized carbons (Fsp3) is 0.556. The largest absolute Gasteiger partial charge is 0.493 e. The number of nitrogens with zero attached hydrogens (tertiary/aromatic N) is 1. The Morgan fingerprint density at radius 2 is 1.70 bits per heavy atom. The minimum atomic E-state index is -0.0356. The van der Waals surface area contributed by atoms with Gasteiger partial charge in [-0.3, -0.25) is 9.59 Å². The number of rotatable bonds is 5. The molecule has 126 valence electrons. The highest BCUT2D eigenvalue weighted by Crippen LogP contribution is 2.28. The maximum Gasteiger partial charge on any atom is 0.260 e. The second kappa shape index (κ2) is 8.56. The second-order valence-corrected chi connectivity index (χ2v) is 5.86. The van der Waals surface area contributed by atoms with E-state index in [1.165, 1.54) is 33.3 Å². The molecule has 23 heavy (non-hydrogen) atoms. The fourth-order valence-corrected chi connectivity index (χ4v) is 2.73. The van der Waals surface area contributed by atoms with E-state index < -0.39 is 0 Å². The molecule has 1 aromatic rings. The molecule has 0 aromatic heterocycles. The quantitative estimate of drug-likeness (QED) is 0.783. The summed E-state index contributed by atoms with van der Waals surface area (Å²) in [6, 6.07) is 5.00. The molecule has 1 fully saturated rings. The van der Waals surface area contributed by atoms with Gasteiger partial charge < -0.3 is 14.4 Å². The van der Waals surface area contributed by atoms with Crippen LogP contribution in [0.25, 0.3) is 0 Å². The third kappa shape index (κ3) is 4.98. The van der Waals surface area contributed by atoms with Gasteiger partial charge >= 0.3 is 0 Å². The molecular weight excluding hydrogens is 294 g/mol. The second-order valence-electron chi connectivity index (χ2n) is 5.86. The Hall–Kier alpha value is -2.04. The van der Waals surface area contributed by atoms with Gasteiger partial charge in [-0.05, 0) is 38.0 Å². The van der Waals surface area contributed by atoms with E-state index in [0.29, 0.717) is 17.1 Å². The van der Waals surface area contributed by atoms with Gasteiger partial charge in [-0.25, -0.2) is 0 Å². The first kappa shape index (κ1) is 17.3. The van der Waals surface area contributed by atoms with Gasteiger partial charge in [-0.15, -0.1) is 0 Å². The molecular formula is C18H25NO4. The minimum absolute atomic E-state index is 0.00419. The Bertz CT molecular complexity index is 548. The Morgan fingerprint density at radius 3 is 2.30 bits per heavy atom. The number of benzene rings is 1. The van der Waals surface area contributed by atoms with Crippen LogP contribution in [-0.4, -0.2) is 43.4 Å². The molecule has 0 N–H and O–H groups in total. The number of methoxy groups -OCH3 is 1. The van der Waals surface area contributed by atoms with Gasteiger partial charge in [0.05, 0.1) is 7.11 Å². The Balaban J connectivity index is 1.96. The topological polar surface area (TPSA) is 55.8 Å². The lowest BCUT2D eigenvalue weighted by Gasteiger charge is -2.25. The standard InChI is InChI=1S/C18H25NO4/c1-14(20)15-8-9-16(17(12-15)22-2)23-13-18(21)19-10-6-4-3-5-7-11-19/h8-9,12H,3-7,10-11,13H2,1-2H3. The summed E-state index contributed by atoms with van der Waals surface area (Å²) >= 11 is 0. The average Bonchev–Trinajstić information content (AvgIpc) is 2.52. The Morgan fingerprint density at radius 1 is 1.04 bits per heavy atom.